The highest BCUT2D eigenvalue weighted by atomic mass is 32.2. The molecule has 2 aromatic heterocycles. The van der Waals surface area contributed by atoms with Crippen LogP contribution in [-0.4, -0.2) is 57.4 Å². The summed E-state index contributed by atoms with van der Waals surface area (Å²) in [6, 6.07) is 28.1. The number of fused-ring (bicyclic) bond motifs is 1. The van der Waals surface area contributed by atoms with Gasteiger partial charge in [0, 0.05) is 24.4 Å². The molecular formula is C34H33N5O2S. The normalized spacial score (nSPS) is 13.7. The molecule has 212 valence electrons. The van der Waals surface area contributed by atoms with Crippen LogP contribution in [0.25, 0.3) is 28.4 Å². The number of thioether (sulfide) groups is 1. The van der Waals surface area contributed by atoms with Crippen LogP contribution in [0.1, 0.15) is 35.1 Å². The van der Waals surface area contributed by atoms with Crippen molar-refractivity contribution < 1.29 is 9.53 Å². The SMILES string of the molecule is CCCSc1nc(N2CCOCC2)c2nc(/C=C/C(=O)c3ccc(-c4ccccc4)cc3)n(Cc3ccccc3)c2n1. The number of carbonyl (C=O) groups is 1. The summed E-state index contributed by atoms with van der Waals surface area (Å²) in [7, 11) is 0. The third kappa shape index (κ3) is 6.30. The first kappa shape index (κ1) is 27.9. The van der Waals surface area contributed by atoms with E-state index < -0.39 is 0 Å². The van der Waals surface area contributed by atoms with Crippen LogP contribution < -0.4 is 4.90 Å². The average Bonchev–Trinajstić information content (AvgIpc) is 3.40. The summed E-state index contributed by atoms with van der Waals surface area (Å²) in [6.07, 6.45) is 4.44. The Bertz CT molecular complexity index is 1680. The lowest BCUT2D eigenvalue weighted by Gasteiger charge is -2.28. The van der Waals surface area contributed by atoms with Crippen molar-refractivity contribution >= 4 is 40.6 Å². The maximum Gasteiger partial charge on any atom is 0.191 e. The van der Waals surface area contributed by atoms with E-state index in [4.69, 9.17) is 19.7 Å². The van der Waals surface area contributed by atoms with Crippen LogP contribution in [0.2, 0.25) is 0 Å². The molecule has 0 bridgehead atoms. The minimum atomic E-state index is -0.0772. The maximum atomic E-state index is 13.3. The van der Waals surface area contributed by atoms with Gasteiger partial charge in [0.1, 0.15) is 5.82 Å². The highest BCUT2D eigenvalue weighted by Gasteiger charge is 2.23. The maximum absolute atomic E-state index is 13.3. The van der Waals surface area contributed by atoms with Crippen molar-refractivity contribution in [2.45, 2.75) is 25.0 Å². The Balaban J connectivity index is 1.38. The fourth-order valence-electron chi connectivity index (χ4n) is 4.99. The van der Waals surface area contributed by atoms with E-state index in [2.05, 4.69) is 40.7 Å². The lowest BCUT2D eigenvalue weighted by Crippen LogP contribution is -2.37. The number of imidazole rings is 1. The predicted octanol–water partition coefficient (Wildman–Crippen LogP) is 6.78. The molecule has 1 saturated heterocycles. The number of ketones is 1. The second kappa shape index (κ2) is 13.1. The molecule has 1 fully saturated rings. The number of nitrogens with zero attached hydrogens (tertiary/aromatic N) is 5. The molecule has 1 aliphatic rings. The predicted molar refractivity (Wildman–Crippen MR) is 170 cm³/mol. The molecule has 3 heterocycles. The first-order valence-corrected chi connectivity index (χ1v) is 15.3. The zero-order valence-corrected chi connectivity index (χ0v) is 24.5. The Labute approximate surface area is 250 Å². The quantitative estimate of drug-likeness (QED) is 0.0787. The zero-order valence-electron chi connectivity index (χ0n) is 23.6. The van der Waals surface area contributed by atoms with E-state index in [-0.39, 0.29) is 5.78 Å². The molecule has 0 unspecified atom stereocenters. The van der Waals surface area contributed by atoms with Crippen molar-refractivity contribution in [1.29, 1.82) is 0 Å². The Morgan fingerprint density at radius 2 is 1.57 bits per heavy atom. The summed E-state index contributed by atoms with van der Waals surface area (Å²) in [4.78, 5) is 30.5. The van der Waals surface area contributed by atoms with Crippen molar-refractivity contribution in [1.82, 2.24) is 19.5 Å². The van der Waals surface area contributed by atoms with Crippen molar-refractivity contribution in [2.24, 2.45) is 0 Å². The molecule has 5 aromatic rings. The number of anilines is 1. The molecule has 6 rings (SSSR count). The summed E-state index contributed by atoms with van der Waals surface area (Å²) < 4.78 is 7.70. The molecule has 1 aliphatic heterocycles. The molecular weight excluding hydrogens is 542 g/mol. The molecule has 0 amide bonds. The third-order valence-corrected chi connectivity index (χ3v) is 8.23. The van der Waals surface area contributed by atoms with Crippen LogP contribution in [0.3, 0.4) is 0 Å². The summed E-state index contributed by atoms with van der Waals surface area (Å²) in [5, 5.41) is 0.741. The number of hydrogen-bond donors (Lipinski definition) is 0. The average molecular weight is 576 g/mol. The summed E-state index contributed by atoms with van der Waals surface area (Å²) in [5.41, 5.74) is 5.47. The van der Waals surface area contributed by atoms with E-state index in [9.17, 15) is 4.79 Å². The van der Waals surface area contributed by atoms with Gasteiger partial charge in [-0.25, -0.2) is 15.0 Å². The Kier molecular flexibility index (Phi) is 8.72. The molecule has 0 spiro atoms. The highest BCUT2D eigenvalue weighted by Crippen LogP contribution is 2.30. The van der Waals surface area contributed by atoms with Gasteiger partial charge in [-0.05, 0) is 35.3 Å². The molecule has 0 atom stereocenters. The van der Waals surface area contributed by atoms with Gasteiger partial charge in [0.05, 0.1) is 19.8 Å². The van der Waals surface area contributed by atoms with Crippen molar-refractivity contribution in [3.8, 4) is 11.1 Å². The lowest BCUT2D eigenvalue weighted by molar-refractivity contribution is 0.104. The number of carbonyl (C=O) groups excluding carboxylic acids is 1. The molecule has 7 nitrogen and oxygen atoms in total. The van der Waals surface area contributed by atoms with Crippen molar-refractivity contribution in [3.05, 3.63) is 108 Å². The van der Waals surface area contributed by atoms with Gasteiger partial charge in [-0.1, -0.05) is 104 Å². The van der Waals surface area contributed by atoms with Gasteiger partial charge in [0.25, 0.3) is 0 Å². The standard InChI is InChI=1S/C34H33N5O2S/c1-2-23-42-34-36-32(38-19-21-41-22-20-38)31-33(37-34)39(24-25-9-5-3-6-10-25)30(35-31)18-17-29(40)28-15-13-27(14-16-28)26-11-7-4-8-12-26/h3-18H,2,19-24H2,1H3/b18-17+. The van der Waals surface area contributed by atoms with Crippen LogP contribution in [0, 0.1) is 0 Å². The van der Waals surface area contributed by atoms with E-state index in [1.807, 2.05) is 60.7 Å². The minimum absolute atomic E-state index is 0.0772. The van der Waals surface area contributed by atoms with Crippen LogP contribution in [0.5, 0.6) is 0 Å². The van der Waals surface area contributed by atoms with E-state index in [0.29, 0.717) is 31.1 Å². The molecule has 3 aromatic carbocycles. The summed E-state index contributed by atoms with van der Waals surface area (Å²) in [6.45, 7) is 5.53. The summed E-state index contributed by atoms with van der Waals surface area (Å²) in [5.74, 6) is 2.35. The van der Waals surface area contributed by atoms with Gasteiger partial charge in [0.2, 0.25) is 0 Å². The van der Waals surface area contributed by atoms with Crippen LogP contribution in [-0.2, 0) is 11.3 Å². The lowest BCUT2D eigenvalue weighted by atomic mass is 10.0. The number of aromatic nitrogens is 4. The molecule has 42 heavy (non-hydrogen) atoms. The number of benzene rings is 3. The smallest absolute Gasteiger partial charge is 0.191 e. The number of morpholine rings is 1. The number of allylic oxidation sites excluding steroid dienone is 1. The third-order valence-electron chi connectivity index (χ3n) is 7.18. The van der Waals surface area contributed by atoms with Crippen LogP contribution in [0.15, 0.2) is 96.2 Å². The molecule has 8 heteroatoms. The van der Waals surface area contributed by atoms with E-state index in [1.54, 1.807) is 23.9 Å². The Hall–Kier alpha value is -4.27. The second-order valence-electron chi connectivity index (χ2n) is 10.1. The first-order valence-electron chi connectivity index (χ1n) is 14.3. The second-order valence-corrected chi connectivity index (χ2v) is 11.2. The largest absolute Gasteiger partial charge is 0.378 e. The number of ether oxygens (including phenoxy) is 1. The van der Waals surface area contributed by atoms with Crippen LogP contribution >= 0.6 is 11.8 Å². The van der Waals surface area contributed by atoms with E-state index in [0.717, 1.165) is 64.1 Å². The fraction of sp³-hybridized carbons (Fsp3) is 0.235. The Morgan fingerprint density at radius 3 is 2.29 bits per heavy atom. The highest BCUT2D eigenvalue weighted by molar-refractivity contribution is 7.99. The van der Waals surface area contributed by atoms with Crippen molar-refractivity contribution in [2.75, 3.05) is 37.0 Å². The monoisotopic (exact) mass is 575 g/mol. The van der Waals surface area contributed by atoms with E-state index >= 15 is 0 Å². The fourth-order valence-corrected chi connectivity index (χ4v) is 5.68. The zero-order chi connectivity index (χ0) is 28.7. The van der Waals surface area contributed by atoms with Gasteiger partial charge in [0.15, 0.2) is 27.9 Å². The molecule has 0 saturated carbocycles. The van der Waals surface area contributed by atoms with E-state index in [1.165, 1.54) is 0 Å². The van der Waals surface area contributed by atoms with Crippen LogP contribution in [0.4, 0.5) is 5.82 Å². The molecule has 0 N–H and O–H groups in total. The van der Waals surface area contributed by atoms with Crippen molar-refractivity contribution in [3.63, 3.8) is 0 Å². The number of hydrogen-bond acceptors (Lipinski definition) is 7. The van der Waals surface area contributed by atoms with Gasteiger partial charge in [-0.2, -0.15) is 0 Å². The Morgan fingerprint density at radius 1 is 0.881 bits per heavy atom. The molecule has 0 radical (unpaired) electrons. The minimum Gasteiger partial charge on any atom is -0.378 e. The van der Waals surface area contributed by atoms with Gasteiger partial charge in [-0.3, -0.25) is 4.79 Å². The number of rotatable bonds is 10. The first-order chi connectivity index (χ1) is 20.7. The van der Waals surface area contributed by atoms with Gasteiger partial charge < -0.3 is 14.2 Å². The summed E-state index contributed by atoms with van der Waals surface area (Å²) >= 11 is 1.66. The van der Waals surface area contributed by atoms with Gasteiger partial charge in [-0.15, -0.1) is 0 Å². The molecule has 0 aliphatic carbocycles. The topological polar surface area (TPSA) is 73.1 Å². The van der Waals surface area contributed by atoms with Gasteiger partial charge >= 0.3 is 0 Å².